The van der Waals surface area contributed by atoms with Crippen LogP contribution in [0.3, 0.4) is 0 Å². The average molecular weight is 277 g/mol. The summed E-state index contributed by atoms with van der Waals surface area (Å²) < 4.78 is 13.8. The lowest BCUT2D eigenvalue weighted by molar-refractivity contribution is 0.312. The zero-order valence-electron chi connectivity index (χ0n) is 12.7. The Morgan fingerprint density at radius 2 is 1.95 bits per heavy atom. The molecule has 1 saturated carbocycles. The van der Waals surface area contributed by atoms with Crippen molar-refractivity contribution in [3.8, 4) is 0 Å². The molecule has 20 heavy (non-hydrogen) atoms. The van der Waals surface area contributed by atoms with Crippen molar-refractivity contribution in [1.29, 1.82) is 0 Å². The van der Waals surface area contributed by atoms with Crippen LogP contribution in [0.5, 0.6) is 0 Å². The van der Waals surface area contributed by atoms with Crippen LogP contribution < -0.4 is 5.32 Å². The van der Waals surface area contributed by atoms with Gasteiger partial charge in [0.2, 0.25) is 0 Å². The third-order valence-electron chi connectivity index (χ3n) is 4.57. The van der Waals surface area contributed by atoms with Gasteiger partial charge in [-0.2, -0.15) is 0 Å². The SMILES string of the molecule is CCNC(CCC1CCCCC1)Cc1ccccc1F. The molecule has 0 aromatic heterocycles. The molecule has 0 bridgehead atoms. The van der Waals surface area contributed by atoms with Crippen molar-refractivity contribution < 1.29 is 4.39 Å². The van der Waals surface area contributed by atoms with Crippen LogP contribution in [0.1, 0.15) is 57.4 Å². The standard InChI is InChI=1S/C18H28FN/c1-2-20-17(13-12-15-8-4-3-5-9-15)14-16-10-6-7-11-18(16)19/h6-7,10-11,15,17,20H,2-5,8-9,12-14H2,1H3. The average Bonchev–Trinajstić information content (AvgIpc) is 2.48. The van der Waals surface area contributed by atoms with E-state index in [1.807, 2.05) is 12.1 Å². The molecular formula is C18H28FN. The molecule has 2 rings (SSSR count). The first kappa shape index (κ1) is 15.5. The Morgan fingerprint density at radius 3 is 2.65 bits per heavy atom. The highest BCUT2D eigenvalue weighted by Gasteiger charge is 2.17. The molecule has 1 unspecified atom stereocenters. The largest absolute Gasteiger partial charge is 0.314 e. The predicted molar refractivity (Wildman–Crippen MR) is 83.4 cm³/mol. The van der Waals surface area contributed by atoms with Gasteiger partial charge in [-0.05, 0) is 43.4 Å². The lowest BCUT2D eigenvalue weighted by Crippen LogP contribution is -2.32. The van der Waals surface area contributed by atoms with Crippen LogP contribution in [0.2, 0.25) is 0 Å². The molecule has 0 radical (unpaired) electrons. The molecule has 0 heterocycles. The minimum Gasteiger partial charge on any atom is -0.314 e. The van der Waals surface area contributed by atoms with Gasteiger partial charge in [0, 0.05) is 6.04 Å². The maximum atomic E-state index is 13.8. The van der Waals surface area contributed by atoms with Gasteiger partial charge in [0.25, 0.3) is 0 Å². The molecule has 2 heteroatoms. The van der Waals surface area contributed by atoms with Crippen LogP contribution in [-0.2, 0) is 6.42 Å². The number of rotatable bonds is 7. The monoisotopic (exact) mass is 277 g/mol. The molecule has 1 aromatic rings. The highest BCUT2D eigenvalue weighted by atomic mass is 19.1. The fraction of sp³-hybridized carbons (Fsp3) is 0.667. The first-order chi connectivity index (χ1) is 9.79. The Hall–Kier alpha value is -0.890. The van der Waals surface area contributed by atoms with E-state index in [0.717, 1.165) is 24.4 Å². The zero-order valence-corrected chi connectivity index (χ0v) is 12.7. The van der Waals surface area contributed by atoms with E-state index in [4.69, 9.17) is 0 Å². The van der Waals surface area contributed by atoms with Gasteiger partial charge in [-0.1, -0.05) is 57.2 Å². The molecule has 1 fully saturated rings. The highest BCUT2D eigenvalue weighted by molar-refractivity contribution is 5.18. The van der Waals surface area contributed by atoms with Crippen LogP contribution in [0.25, 0.3) is 0 Å². The maximum absolute atomic E-state index is 13.8. The molecule has 0 saturated heterocycles. The number of hydrogen-bond acceptors (Lipinski definition) is 1. The summed E-state index contributed by atoms with van der Waals surface area (Å²) in [5, 5.41) is 3.53. The van der Waals surface area contributed by atoms with Crippen LogP contribution in [-0.4, -0.2) is 12.6 Å². The van der Waals surface area contributed by atoms with Gasteiger partial charge < -0.3 is 5.32 Å². The van der Waals surface area contributed by atoms with E-state index in [2.05, 4.69) is 12.2 Å². The molecule has 112 valence electrons. The Kier molecular flexibility index (Phi) is 6.52. The van der Waals surface area contributed by atoms with Gasteiger partial charge in [-0.15, -0.1) is 0 Å². The molecule has 1 aliphatic carbocycles. The summed E-state index contributed by atoms with van der Waals surface area (Å²) in [6.45, 7) is 3.10. The molecule has 1 nitrogen and oxygen atoms in total. The summed E-state index contributed by atoms with van der Waals surface area (Å²) in [5.41, 5.74) is 0.849. The second-order valence-electron chi connectivity index (χ2n) is 6.13. The molecule has 1 N–H and O–H groups in total. The Morgan fingerprint density at radius 1 is 1.20 bits per heavy atom. The van der Waals surface area contributed by atoms with Crippen molar-refractivity contribution in [2.45, 2.75) is 64.3 Å². The van der Waals surface area contributed by atoms with Crippen molar-refractivity contribution in [2.24, 2.45) is 5.92 Å². The fourth-order valence-electron chi connectivity index (χ4n) is 3.41. The molecule has 1 atom stereocenters. The quantitative estimate of drug-likeness (QED) is 0.761. The van der Waals surface area contributed by atoms with Gasteiger partial charge >= 0.3 is 0 Å². The van der Waals surface area contributed by atoms with Gasteiger partial charge in [0.15, 0.2) is 0 Å². The normalized spacial score (nSPS) is 18.1. The van der Waals surface area contributed by atoms with Gasteiger partial charge in [0.1, 0.15) is 5.82 Å². The third kappa shape index (κ3) is 4.90. The zero-order chi connectivity index (χ0) is 14.2. The number of benzene rings is 1. The predicted octanol–water partition coefficient (Wildman–Crippen LogP) is 4.71. The second kappa shape index (κ2) is 8.41. The summed E-state index contributed by atoms with van der Waals surface area (Å²) in [6, 6.07) is 7.60. The Bertz CT molecular complexity index is 385. The molecular weight excluding hydrogens is 249 g/mol. The van der Waals surface area contributed by atoms with E-state index in [9.17, 15) is 4.39 Å². The summed E-state index contributed by atoms with van der Waals surface area (Å²) in [5.74, 6) is 0.846. The summed E-state index contributed by atoms with van der Waals surface area (Å²) in [6.07, 6.45) is 10.3. The van der Waals surface area contributed by atoms with Crippen molar-refractivity contribution in [3.63, 3.8) is 0 Å². The first-order valence-corrected chi connectivity index (χ1v) is 8.26. The van der Waals surface area contributed by atoms with E-state index in [1.54, 1.807) is 12.1 Å². The van der Waals surface area contributed by atoms with Crippen LogP contribution in [0, 0.1) is 11.7 Å². The molecule has 1 aliphatic rings. The number of nitrogens with one attached hydrogen (secondary N) is 1. The first-order valence-electron chi connectivity index (χ1n) is 8.26. The number of likely N-dealkylation sites (N-methyl/N-ethyl adjacent to an activating group) is 1. The minimum atomic E-state index is -0.0620. The maximum Gasteiger partial charge on any atom is 0.126 e. The Balaban J connectivity index is 1.84. The molecule has 0 spiro atoms. The lowest BCUT2D eigenvalue weighted by Gasteiger charge is -2.25. The third-order valence-corrected chi connectivity index (χ3v) is 4.57. The van der Waals surface area contributed by atoms with Gasteiger partial charge in [-0.3, -0.25) is 0 Å². The van der Waals surface area contributed by atoms with E-state index < -0.39 is 0 Å². The second-order valence-corrected chi connectivity index (χ2v) is 6.13. The van der Waals surface area contributed by atoms with Crippen LogP contribution in [0.15, 0.2) is 24.3 Å². The van der Waals surface area contributed by atoms with E-state index in [1.165, 1.54) is 44.9 Å². The lowest BCUT2D eigenvalue weighted by atomic mass is 9.84. The molecule has 0 aliphatic heterocycles. The van der Waals surface area contributed by atoms with E-state index in [-0.39, 0.29) is 5.82 Å². The summed E-state index contributed by atoms with van der Waals surface area (Å²) in [4.78, 5) is 0. The fourth-order valence-corrected chi connectivity index (χ4v) is 3.41. The number of hydrogen-bond donors (Lipinski definition) is 1. The van der Waals surface area contributed by atoms with Crippen molar-refractivity contribution >= 4 is 0 Å². The van der Waals surface area contributed by atoms with Crippen LogP contribution in [0.4, 0.5) is 4.39 Å². The summed E-state index contributed by atoms with van der Waals surface area (Å²) in [7, 11) is 0. The topological polar surface area (TPSA) is 12.0 Å². The van der Waals surface area contributed by atoms with E-state index >= 15 is 0 Å². The van der Waals surface area contributed by atoms with Crippen molar-refractivity contribution in [2.75, 3.05) is 6.54 Å². The minimum absolute atomic E-state index is 0.0620. The van der Waals surface area contributed by atoms with Gasteiger partial charge in [-0.25, -0.2) is 4.39 Å². The highest BCUT2D eigenvalue weighted by Crippen LogP contribution is 2.28. The van der Waals surface area contributed by atoms with E-state index in [0.29, 0.717) is 6.04 Å². The van der Waals surface area contributed by atoms with Gasteiger partial charge in [0.05, 0.1) is 0 Å². The summed E-state index contributed by atoms with van der Waals surface area (Å²) >= 11 is 0. The van der Waals surface area contributed by atoms with Crippen molar-refractivity contribution in [3.05, 3.63) is 35.6 Å². The molecule has 0 amide bonds. The van der Waals surface area contributed by atoms with Crippen LogP contribution >= 0.6 is 0 Å². The molecule has 1 aromatic carbocycles. The Labute approximate surface area is 123 Å². The number of halogens is 1. The smallest absolute Gasteiger partial charge is 0.126 e. The van der Waals surface area contributed by atoms with Crippen molar-refractivity contribution in [1.82, 2.24) is 5.32 Å².